The van der Waals surface area contributed by atoms with E-state index in [0.29, 0.717) is 5.92 Å². The summed E-state index contributed by atoms with van der Waals surface area (Å²) < 4.78 is 13.9. The minimum absolute atomic E-state index is 0.187. The smallest absolute Gasteiger partial charge is 0.123 e. The van der Waals surface area contributed by atoms with Crippen molar-refractivity contribution in [3.63, 3.8) is 0 Å². The van der Waals surface area contributed by atoms with Crippen molar-refractivity contribution in [2.45, 2.75) is 25.7 Å². The summed E-state index contributed by atoms with van der Waals surface area (Å²) in [6.07, 6.45) is 2.04. The Morgan fingerprint density at radius 2 is 1.95 bits per heavy atom. The minimum Gasteiger partial charge on any atom is -0.316 e. The summed E-state index contributed by atoms with van der Waals surface area (Å²) in [4.78, 5) is 1.27. The average Bonchev–Trinajstić information content (AvgIpc) is 2.84. The van der Waals surface area contributed by atoms with Crippen LogP contribution < -0.4 is 5.32 Å². The summed E-state index contributed by atoms with van der Waals surface area (Å²) in [6, 6.07) is 10.8. The number of benzene rings is 1. The molecule has 0 aliphatic carbocycles. The Labute approximate surface area is 128 Å². The van der Waals surface area contributed by atoms with Gasteiger partial charge in [0.05, 0.1) is 4.34 Å². The molecular weight excluding hydrogens is 293 g/mol. The predicted octanol–water partition coefficient (Wildman–Crippen LogP) is 4.87. The molecule has 2 aromatic rings. The fraction of sp³-hybridized carbons (Fsp3) is 0.375. The zero-order valence-corrected chi connectivity index (χ0v) is 13.1. The number of nitrogens with one attached hydrogen (secondary N) is 1. The van der Waals surface area contributed by atoms with Crippen LogP contribution in [0.1, 0.15) is 29.7 Å². The molecule has 1 heterocycles. The first-order chi connectivity index (χ1) is 9.69. The van der Waals surface area contributed by atoms with E-state index in [4.69, 9.17) is 11.6 Å². The van der Waals surface area contributed by atoms with Crippen molar-refractivity contribution in [3.8, 4) is 0 Å². The Hall–Kier alpha value is -0.900. The van der Waals surface area contributed by atoms with E-state index in [1.807, 2.05) is 18.2 Å². The van der Waals surface area contributed by atoms with Crippen LogP contribution in [0.3, 0.4) is 0 Å². The second-order valence-electron chi connectivity index (χ2n) is 4.86. The van der Waals surface area contributed by atoms with Gasteiger partial charge < -0.3 is 5.32 Å². The fourth-order valence-electron chi connectivity index (χ4n) is 2.20. The molecule has 1 aromatic carbocycles. The first-order valence-electron chi connectivity index (χ1n) is 6.89. The Bertz CT molecular complexity index is 524. The molecule has 1 N–H and O–H groups in total. The van der Waals surface area contributed by atoms with E-state index in [1.165, 1.54) is 22.6 Å². The molecule has 1 atom stereocenters. The minimum atomic E-state index is -0.187. The van der Waals surface area contributed by atoms with E-state index in [1.54, 1.807) is 11.3 Å². The van der Waals surface area contributed by atoms with Crippen LogP contribution in [0.25, 0.3) is 0 Å². The first kappa shape index (κ1) is 15.5. The van der Waals surface area contributed by atoms with Crippen molar-refractivity contribution < 1.29 is 4.39 Å². The van der Waals surface area contributed by atoms with Crippen molar-refractivity contribution in [2.75, 3.05) is 13.1 Å². The highest BCUT2D eigenvalue weighted by Gasteiger charge is 2.13. The molecule has 2 rings (SSSR count). The van der Waals surface area contributed by atoms with E-state index in [-0.39, 0.29) is 5.82 Å². The molecule has 0 aliphatic heterocycles. The van der Waals surface area contributed by atoms with Crippen LogP contribution in [0.4, 0.5) is 4.39 Å². The van der Waals surface area contributed by atoms with E-state index < -0.39 is 0 Å². The number of thiophene rings is 1. The van der Waals surface area contributed by atoms with E-state index in [9.17, 15) is 4.39 Å². The maximum atomic E-state index is 13.1. The van der Waals surface area contributed by atoms with Gasteiger partial charge in [0.15, 0.2) is 0 Å². The third-order valence-corrected chi connectivity index (χ3v) is 4.49. The van der Waals surface area contributed by atoms with Crippen molar-refractivity contribution in [3.05, 3.63) is 57.0 Å². The highest BCUT2D eigenvalue weighted by molar-refractivity contribution is 7.16. The quantitative estimate of drug-likeness (QED) is 0.720. The molecule has 0 saturated heterocycles. The van der Waals surface area contributed by atoms with Gasteiger partial charge in [0.2, 0.25) is 0 Å². The van der Waals surface area contributed by atoms with Crippen LogP contribution in [0.5, 0.6) is 0 Å². The van der Waals surface area contributed by atoms with Crippen molar-refractivity contribution in [1.82, 2.24) is 5.32 Å². The molecule has 0 fully saturated rings. The Morgan fingerprint density at radius 1 is 1.20 bits per heavy atom. The Balaban J connectivity index is 2.09. The standard InChI is InChI=1S/C16H19ClFNS/c1-2-9-19-11-13(10-15-7-8-16(17)20-15)12-3-5-14(18)6-4-12/h3-8,13,19H,2,9-11H2,1H3. The maximum Gasteiger partial charge on any atom is 0.123 e. The summed E-state index contributed by atoms with van der Waals surface area (Å²) in [5.74, 6) is 0.157. The van der Waals surface area contributed by atoms with Gasteiger partial charge in [-0.1, -0.05) is 30.7 Å². The molecule has 1 nitrogen and oxygen atoms in total. The molecule has 108 valence electrons. The van der Waals surface area contributed by atoms with Gasteiger partial charge in [0.25, 0.3) is 0 Å². The first-order valence-corrected chi connectivity index (χ1v) is 8.09. The van der Waals surface area contributed by atoms with Gasteiger partial charge in [-0.05, 0) is 49.2 Å². The maximum absolute atomic E-state index is 13.1. The van der Waals surface area contributed by atoms with Crippen molar-refractivity contribution in [1.29, 1.82) is 0 Å². The summed E-state index contributed by atoms with van der Waals surface area (Å²) in [7, 11) is 0. The molecule has 0 bridgehead atoms. The van der Waals surface area contributed by atoms with Crippen molar-refractivity contribution >= 4 is 22.9 Å². The van der Waals surface area contributed by atoms with Gasteiger partial charge >= 0.3 is 0 Å². The molecule has 4 heteroatoms. The summed E-state index contributed by atoms with van der Waals surface area (Å²) in [5.41, 5.74) is 1.17. The van der Waals surface area contributed by atoms with Gasteiger partial charge in [-0.25, -0.2) is 4.39 Å². The number of hydrogen-bond donors (Lipinski definition) is 1. The average molecular weight is 312 g/mol. The molecule has 20 heavy (non-hydrogen) atoms. The number of halogens is 2. The van der Waals surface area contributed by atoms with Crippen LogP contribution in [0.15, 0.2) is 36.4 Å². The van der Waals surface area contributed by atoms with Gasteiger partial charge in [-0.15, -0.1) is 11.3 Å². The van der Waals surface area contributed by atoms with Crippen molar-refractivity contribution in [2.24, 2.45) is 0 Å². The fourth-order valence-corrected chi connectivity index (χ4v) is 3.37. The third-order valence-electron chi connectivity index (χ3n) is 3.24. The SMILES string of the molecule is CCCNCC(Cc1ccc(Cl)s1)c1ccc(F)cc1. The largest absolute Gasteiger partial charge is 0.316 e. The van der Waals surface area contributed by atoms with Gasteiger partial charge in [-0.2, -0.15) is 0 Å². The van der Waals surface area contributed by atoms with Crippen LogP contribution in [-0.2, 0) is 6.42 Å². The third kappa shape index (κ3) is 4.58. The summed E-state index contributed by atoms with van der Waals surface area (Å²) >= 11 is 7.61. The lowest BCUT2D eigenvalue weighted by Gasteiger charge is -2.17. The predicted molar refractivity (Wildman–Crippen MR) is 85.3 cm³/mol. The number of rotatable bonds is 7. The molecule has 0 spiro atoms. The second kappa shape index (κ2) is 7.77. The van der Waals surface area contributed by atoms with E-state index in [0.717, 1.165) is 30.3 Å². The van der Waals surface area contributed by atoms with Gasteiger partial charge in [0.1, 0.15) is 5.82 Å². The van der Waals surface area contributed by atoms with Crippen LogP contribution in [0, 0.1) is 5.82 Å². The molecule has 1 unspecified atom stereocenters. The lowest BCUT2D eigenvalue weighted by molar-refractivity contribution is 0.576. The van der Waals surface area contributed by atoms with Crippen LogP contribution >= 0.6 is 22.9 Å². The Morgan fingerprint density at radius 3 is 2.55 bits per heavy atom. The highest BCUT2D eigenvalue weighted by Crippen LogP contribution is 2.27. The van der Waals surface area contributed by atoms with Gasteiger partial charge in [-0.3, -0.25) is 0 Å². The van der Waals surface area contributed by atoms with E-state index in [2.05, 4.69) is 18.3 Å². The summed E-state index contributed by atoms with van der Waals surface area (Å²) in [5, 5.41) is 3.45. The normalized spacial score (nSPS) is 12.6. The molecule has 0 amide bonds. The van der Waals surface area contributed by atoms with Gasteiger partial charge in [0, 0.05) is 17.3 Å². The monoisotopic (exact) mass is 311 g/mol. The molecular formula is C16H19ClFNS. The molecule has 0 radical (unpaired) electrons. The number of hydrogen-bond acceptors (Lipinski definition) is 2. The van der Waals surface area contributed by atoms with Crippen LogP contribution in [-0.4, -0.2) is 13.1 Å². The zero-order chi connectivity index (χ0) is 14.4. The molecule has 0 saturated carbocycles. The molecule has 0 aliphatic rings. The topological polar surface area (TPSA) is 12.0 Å². The molecule has 1 aromatic heterocycles. The second-order valence-corrected chi connectivity index (χ2v) is 6.66. The van der Waals surface area contributed by atoms with E-state index >= 15 is 0 Å². The highest BCUT2D eigenvalue weighted by atomic mass is 35.5. The lowest BCUT2D eigenvalue weighted by atomic mass is 9.95. The lowest BCUT2D eigenvalue weighted by Crippen LogP contribution is -2.23. The summed E-state index contributed by atoms with van der Waals surface area (Å²) in [6.45, 7) is 4.05. The zero-order valence-electron chi connectivity index (χ0n) is 11.5. The van der Waals surface area contributed by atoms with Crippen LogP contribution in [0.2, 0.25) is 4.34 Å². The Kier molecular flexibility index (Phi) is 6.02.